The molecule has 0 spiro atoms. The first kappa shape index (κ1) is 10.1. The molecule has 0 N–H and O–H groups in total. The van der Waals surface area contributed by atoms with Crippen molar-refractivity contribution in [2.24, 2.45) is 0 Å². The van der Waals surface area contributed by atoms with Gasteiger partial charge in [-0.2, -0.15) is 0 Å². The van der Waals surface area contributed by atoms with Gasteiger partial charge in [0.1, 0.15) is 6.29 Å². The Morgan fingerprint density at radius 1 is 1.25 bits per heavy atom. The van der Waals surface area contributed by atoms with Gasteiger partial charge < -0.3 is 4.79 Å². The Bertz CT molecular complexity index is 148. The first-order valence-electron chi connectivity index (χ1n) is 4.83. The van der Waals surface area contributed by atoms with E-state index in [0.29, 0.717) is 5.25 Å². The summed E-state index contributed by atoms with van der Waals surface area (Å²) in [6, 6.07) is 0. The number of aldehydes is 1. The van der Waals surface area contributed by atoms with Crippen LogP contribution in [0.3, 0.4) is 0 Å². The van der Waals surface area contributed by atoms with E-state index in [-0.39, 0.29) is 4.75 Å². The first-order valence-corrected chi connectivity index (χ1v) is 5.71. The second-order valence-electron chi connectivity index (χ2n) is 3.91. The number of hydrogen-bond acceptors (Lipinski definition) is 2. The third-order valence-corrected chi connectivity index (χ3v) is 3.83. The molecule has 1 aliphatic carbocycles. The molecule has 0 aromatic rings. The largest absolute Gasteiger partial charge is 0.302 e. The summed E-state index contributed by atoms with van der Waals surface area (Å²) in [5.41, 5.74) is 0. The number of thioether (sulfide) groups is 1. The number of hydrogen-bond donors (Lipinski definition) is 0. The molecule has 0 amide bonds. The lowest BCUT2D eigenvalue weighted by molar-refractivity contribution is -0.110. The van der Waals surface area contributed by atoms with E-state index in [0.717, 1.165) is 12.8 Å². The van der Waals surface area contributed by atoms with E-state index in [1.54, 1.807) is 0 Å². The summed E-state index contributed by atoms with van der Waals surface area (Å²) in [4.78, 5) is 11.0. The number of carbonyl (C=O) groups excluding carboxylic acids is 1. The molecule has 0 saturated heterocycles. The molecule has 1 rings (SSSR count). The molecule has 0 heterocycles. The quantitative estimate of drug-likeness (QED) is 0.630. The van der Waals surface area contributed by atoms with Crippen molar-refractivity contribution in [2.75, 3.05) is 0 Å². The molecular formula is C10H18OS. The maximum atomic E-state index is 11.0. The molecule has 0 aromatic heterocycles. The van der Waals surface area contributed by atoms with E-state index < -0.39 is 0 Å². The van der Waals surface area contributed by atoms with E-state index >= 15 is 0 Å². The molecule has 1 fully saturated rings. The zero-order valence-electron chi connectivity index (χ0n) is 8.01. The maximum absolute atomic E-state index is 11.0. The van der Waals surface area contributed by atoms with Crippen LogP contribution in [0.2, 0.25) is 0 Å². The van der Waals surface area contributed by atoms with Gasteiger partial charge in [-0.05, 0) is 12.8 Å². The Hall–Kier alpha value is 0.0200. The van der Waals surface area contributed by atoms with Gasteiger partial charge in [0, 0.05) is 5.25 Å². The summed E-state index contributed by atoms with van der Waals surface area (Å²) >= 11 is 1.85. The Kier molecular flexibility index (Phi) is 3.63. The zero-order valence-corrected chi connectivity index (χ0v) is 8.82. The smallest absolute Gasteiger partial charge is 0.136 e. The van der Waals surface area contributed by atoms with E-state index in [1.807, 2.05) is 11.8 Å². The second-order valence-corrected chi connectivity index (χ2v) is 5.90. The molecule has 2 heteroatoms. The summed E-state index contributed by atoms with van der Waals surface area (Å²) < 4.78 is -0.0214. The first-order chi connectivity index (χ1) is 5.68. The fourth-order valence-electron chi connectivity index (χ4n) is 1.88. The van der Waals surface area contributed by atoms with Gasteiger partial charge >= 0.3 is 0 Å². The predicted octanol–water partition coefficient (Wildman–Crippen LogP) is 3.03. The van der Waals surface area contributed by atoms with Crippen molar-refractivity contribution >= 4 is 18.0 Å². The topological polar surface area (TPSA) is 17.1 Å². The van der Waals surface area contributed by atoms with Gasteiger partial charge in [0.15, 0.2) is 0 Å². The van der Waals surface area contributed by atoms with Crippen molar-refractivity contribution in [1.29, 1.82) is 0 Å². The molecule has 0 unspecified atom stereocenters. The highest BCUT2D eigenvalue weighted by Crippen LogP contribution is 2.40. The van der Waals surface area contributed by atoms with Crippen LogP contribution >= 0.6 is 11.8 Å². The molecular weight excluding hydrogens is 168 g/mol. The summed E-state index contributed by atoms with van der Waals surface area (Å²) in [6.07, 6.45) is 7.17. The van der Waals surface area contributed by atoms with E-state index in [1.165, 1.54) is 25.5 Å². The summed E-state index contributed by atoms with van der Waals surface area (Å²) in [7, 11) is 0. The SMILES string of the molecule is CC(C)SC1(C=O)CCCCC1. The lowest BCUT2D eigenvalue weighted by Gasteiger charge is -2.32. The van der Waals surface area contributed by atoms with Crippen LogP contribution in [0.5, 0.6) is 0 Å². The molecule has 0 aromatic carbocycles. The molecule has 12 heavy (non-hydrogen) atoms. The highest BCUT2D eigenvalue weighted by molar-refractivity contribution is 8.01. The fraction of sp³-hybridized carbons (Fsp3) is 0.900. The van der Waals surface area contributed by atoms with Gasteiger partial charge in [-0.25, -0.2) is 0 Å². The van der Waals surface area contributed by atoms with Crippen LogP contribution < -0.4 is 0 Å². The second kappa shape index (κ2) is 4.31. The zero-order chi connectivity index (χ0) is 9.03. The normalized spacial score (nSPS) is 22.6. The minimum atomic E-state index is -0.0214. The van der Waals surface area contributed by atoms with Crippen LogP contribution in [-0.2, 0) is 4.79 Å². The monoisotopic (exact) mass is 186 g/mol. The van der Waals surface area contributed by atoms with Gasteiger partial charge in [0.2, 0.25) is 0 Å². The fourth-order valence-corrected chi connectivity index (χ4v) is 3.40. The minimum Gasteiger partial charge on any atom is -0.302 e. The third kappa shape index (κ3) is 2.51. The Balaban J connectivity index is 2.53. The number of rotatable bonds is 3. The van der Waals surface area contributed by atoms with Gasteiger partial charge in [0.05, 0.1) is 4.75 Å². The van der Waals surface area contributed by atoms with E-state index in [4.69, 9.17) is 0 Å². The molecule has 1 nitrogen and oxygen atoms in total. The molecule has 0 atom stereocenters. The lowest BCUT2D eigenvalue weighted by atomic mass is 9.89. The summed E-state index contributed by atoms with van der Waals surface area (Å²) in [6.45, 7) is 4.34. The minimum absolute atomic E-state index is 0.0214. The van der Waals surface area contributed by atoms with E-state index in [9.17, 15) is 4.79 Å². The third-order valence-electron chi connectivity index (χ3n) is 2.39. The molecule has 0 radical (unpaired) electrons. The van der Waals surface area contributed by atoms with Crippen molar-refractivity contribution in [3.8, 4) is 0 Å². The average Bonchev–Trinajstić information content (AvgIpc) is 2.05. The van der Waals surface area contributed by atoms with Crippen LogP contribution in [0.25, 0.3) is 0 Å². The lowest BCUT2D eigenvalue weighted by Crippen LogP contribution is -2.31. The highest BCUT2D eigenvalue weighted by Gasteiger charge is 2.32. The Morgan fingerprint density at radius 3 is 2.25 bits per heavy atom. The van der Waals surface area contributed by atoms with Crippen molar-refractivity contribution in [3.05, 3.63) is 0 Å². The molecule has 1 aliphatic rings. The highest BCUT2D eigenvalue weighted by atomic mass is 32.2. The van der Waals surface area contributed by atoms with Gasteiger partial charge in [-0.15, -0.1) is 11.8 Å². The summed E-state index contributed by atoms with van der Waals surface area (Å²) in [5, 5.41) is 0.577. The standard InChI is InChI=1S/C10H18OS/c1-9(2)12-10(8-11)6-4-3-5-7-10/h8-9H,3-7H2,1-2H3. The Morgan fingerprint density at radius 2 is 1.83 bits per heavy atom. The average molecular weight is 186 g/mol. The predicted molar refractivity (Wildman–Crippen MR) is 54.6 cm³/mol. The number of carbonyl (C=O) groups is 1. The van der Waals surface area contributed by atoms with Gasteiger partial charge in [-0.1, -0.05) is 33.1 Å². The van der Waals surface area contributed by atoms with Crippen molar-refractivity contribution in [1.82, 2.24) is 0 Å². The summed E-state index contributed by atoms with van der Waals surface area (Å²) in [5.74, 6) is 0. The van der Waals surface area contributed by atoms with E-state index in [2.05, 4.69) is 13.8 Å². The van der Waals surface area contributed by atoms with Crippen LogP contribution in [0.15, 0.2) is 0 Å². The Labute approximate surface area is 79.3 Å². The van der Waals surface area contributed by atoms with Gasteiger partial charge in [-0.3, -0.25) is 0 Å². The molecule has 1 saturated carbocycles. The van der Waals surface area contributed by atoms with Gasteiger partial charge in [0.25, 0.3) is 0 Å². The molecule has 70 valence electrons. The van der Waals surface area contributed by atoms with Crippen LogP contribution in [-0.4, -0.2) is 16.3 Å². The molecule has 0 bridgehead atoms. The maximum Gasteiger partial charge on any atom is 0.136 e. The van der Waals surface area contributed by atoms with Crippen LogP contribution in [0, 0.1) is 0 Å². The van der Waals surface area contributed by atoms with Crippen molar-refractivity contribution in [3.63, 3.8) is 0 Å². The van der Waals surface area contributed by atoms with Crippen LogP contribution in [0.1, 0.15) is 46.0 Å². The van der Waals surface area contributed by atoms with Crippen molar-refractivity contribution in [2.45, 2.75) is 55.9 Å². The molecule has 0 aliphatic heterocycles. The van der Waals surface area contributed by atoms with Crippen LogP contribution in [0.4, 0.5) is 0 Å². The van der Waals surface area contributed by atoms with Crippen molar-refractivity contribution < 1.29 is 4.79 Å².